The summed E-state index contributed by atoms with van der Waals surface area (Å²) in [7, 11) is -5.00. The predicted octanol–water partition coefficient (Wildman–Crippen LogP) is 5.99. The number of unbranched alkanes of at least 4 members (excludes halogenated alkanes) is 2. The maximum atomic E-state index is 11.7. The molecule has 0 radical (unpaired) electrons. The Balaban J connectivity index is 2.67. The molecule has 0 aromatic heterocycles. The van der Waals surface area contributed by atoms with E-state index in [0.29, 0.717) is 17.5 Å². The van der Waals surface area contributed by atoms with Crippen LogP contribution in [-0.4, -0.2) is 32.8 Å². The summed E-state index contributed by atoms with van der Waals surface area (Å²) in [5, 5.41) is 20.1. The van der Waals surface area contributed by atoms with Crippen LogP contribution in [0, 0.1) is 5.92 Å². The van der Waals surface area contributed by atoms with E-state index >= 15 is 0 Å². The number of phosphoric acid groups is 1. The largest absolute Gasteiger partial charge is 0.508 e. The van der Waals surface area contributed by atoms with Gasteiger partial charge in [-0.05, 0) is 62.6 Å². The quantitative estimate of drug-likeness (QED) is 0.131. The Labute approximate surface area is 195 Å². The van der Waals surface area contributed by atoms with Gasteiger partial charge < -0.3 is 24.7 Å². The molecule has 9 heteroatoms. The Morgan fingerprint density at radius 1 is 1.30 bits per heavy atom. The highest BCUT2D eigenvalue weighted by Gasteiger charge is 2.34. The van der Waals surface area contributed by atoms with Crippen molar-refractivity contribution in [3.8, 4) is 5.75 Å². The number of phenols is 1. The number of benzene rings is 1. The minimum Gasteiger partial charge on any atom is -0.508 e. The van der Waals surface area contributed by atoms with Gasteiger partial charge in [0.1, 0.15) is 18.5 Å². The van der Waals surface area contributed by atoms with Crippen molar-refractivity contribution in [1.82, 2.24) is 0 Å². The molecule has 0 aliphatic heterocycles. The van der Waals surface area contributed by atoms with Crippen LogP contribution >= 0.6 is 7.82 Å². The Kier molecular flexibility index (Phi) is 9.73. The van der Waals surface area contributed by atoms with Crippen molar-refractivity contribution in [2.45, 2.75) is 71.3 Å². The summed E-state index contributed by atoms with van der Waals surface area (Å²) in [5.41, 5.74) is 3.60. The molecule has 1 aromatic rings. The summed E-state index contributed by atoms with van der Waals surface area (Å²) in [6.07, 6.45) is 4.28. The van der Waals surface area contributed by atoms with Gasteiger partial charge in [0.2, 0.25) is 0 Å². The van der Waals surface area contributed by atoms with Crippen molar-refractivity contribution in [2.75, 3.05) is 6.61 Å². The molecule has 1 aliphatic carbocycles. The standard InChI is InChI=1S/C24H35O8P/c1-5-6-7-8-17-12-20(22(14-31-24(26)27)32-33(28,29)30)23(21(25)13-17)19-11-16(4)9-10-18(19)15(2)3/h11-13,18-19,22,25H,2,5-10,14H2,1,3-4H3,(H,26,27)(H2,28,29,30)/t18-,19+,22?/m0/s1. The van der Waals surface area contributed by atoms with Gasteiger partial charge in [0.15, 0.2) is 0 Å². The molecule has 8 nitrogen and oxygen atoms in total. The van der Waals surface area contributed by atoms with Crippen LogP contribution in [0.3, 0.4) is 0 Å². The zero-order valence-corrected chi connectivity index (χ0v) is 20.4. The summed E-state index contributed by atoms with van der Waals surface area (Å²) in [4.78, 5) is 30.1. The van der Waals surface area contributed by atoms with E-state index in [9.17, 15) is 24.3 Å². The topological polar surface area (TPSA) is 134 Å². The Hall–Kier alpha value is -2.12. The highest BCUT2D eigenvalue weighted by atomic mass is 31.2. The van der Waals surface area contributed by atoms with Gasteiger partial charge in [-0.15, -0.1) is 0 Å². The molecule has 0 fully saturated rings. The fraction of sp³-hybridized carbons (Fsp3) is 0.542. The molecule has 1 unspecified atom stereocenters. The average Bonchev–Trinajstić information content (AvgIpc) is 2.69. The second-order valence-electron chi connectivity index (χ2n) is 8.77. The number of hydrogen-bond donors (Lipinski definition) is 4. The van der Waals surface area contributed by atoms with Crippen molar-refractivity contribution in [3.63, 3.8) is 0 Å². The molecule has 4 N–H and O–H groups in total. The Morgan fingerprint density at radius 3 is 2.58 bits per heavy atom. The Morgan fingerprint density at radius 2 is 2.00 bits per heavy atom. The smallest absolute Gasteiger partial charge is 0.505 e. The summed E-state index contributed by atoms with van der Waals surface area (Å²) < 4.78 is 21.4. The number of carboxylic acid groups (broad SMARTS) is 1. The number of phenolic OH excluding ortho intramolecular Hbond substituents is 1. The van der Waals surface area contributed by atoms with Crippen LogP contribution in [0.25, 0.3) is 0 Å². The fourth-order valence-electron chi connectivity index (χ4n) is 4.47. The van der Waals surface area contributed by atoms with Crippen molar-refractivity contribution in [2.24, 2.45) is 5.92 Å². The van der Waals surface area contributed by atoms with Crippen molar-refractivity contribution in [1.29, 1.82) is 0 Å². The maximum absolute atomic E-state index is 11.7. The molecule has 0 heterocycles. The first-order valence-corrected chi connectivity index (χ1v) is 12.7. The summed E-state index contributed by atoms with van der Waals surface area (Å²) in [5.74, 6) is -0.320. The summed E-state index contributed by atoms with van der Waals surface area (Å²) in [6, 6.07) is 3.41. The van der Waals surface area contributed by atoms with Crippen LogP contribution in [0.5, 0.6) is 5.75 Å². The third kappa shape index (κ3) is 8.00. The first-order chi connectivity index (χ1) is 15.4. The number of aromatic hydroxyl groups is 1. The zero-order valence-electron chi connectivity index (χ0n) is 19.5. The van der Waals surface area contributed by atoms with Crippen molar-refractivity contribution < 1.29 is 38.6 Å². The monoisotopic (exact) mass is 482 g/mol. The number of phosphoric ester groups is 1. The third-order valence-electron chi connectivity index (χ3n) is 6.00. The van der Waals surface area contributed by atoms with Crippen molar-refractivity contribution in [3.05, 3.63) is 52.6 Å². The number of aryl methyl sites for hydroxylation is 1. The van der Waals surface area contributed by atoms with Gasteiger partial charge in [-0.3, -0.25) is 4.52 Å². The number of carbonyl (C=O) groups is 1. The summed E-state index contributed by atoms with van der Waals surface area (Å²) in [6.45, 7) is 9.46. The molecule has 0 bridgehead atoms. The second-order valence-corrected chi connectivity index (χ2v) is 9.96. The molecule has 184 valence electrons. The Bertz CT molecular complexity index is 933. The van der Waals surface area contributed by atoms with Gasteiger partial charge in [0.25, 0.3) is 0 Å². The van der Waals surface area contributed by atoms with Crippen LogP contribution in [0.1, 0.15) is 81.6 Å². The van der Waals surface area contributed by atoms with E-state index in [-0.39, 0.29) is 17.6 Å². The lowest BCUT2D eigenvalue weighted by Gasteiger charge is -2.34. The average molecular weight is 483 g/mol. The number of rotatable bonds is 11. The van der Waals surface area contributed by atoms with E-state index in [4.69, 9.17) is 9.63 Å². The first-order valence-electron chi connectivity index (χ1n) is 11.2. The molecular weight excluding hydrogens is 447 g/mol. The van der Waals surface area contributed by atoms with Gasteiger partial charge in [-0.1, -0.05) is 49.6 Å². The summed E-state index contributed by atoms with van der Waals surface area (Å²) >= 11 is 0. The van der Waals surface area contributed by atoms with E-state index in [1.54, 1.807) is 12.1 Å². The molecule has 0 spiro atoms. The molecule has 1 aliphatic rings. The van der Waals surface area contributed by atoms with E-state index in [0.717, 1.165) is 48.8 Å². The minimum absolute atomic E-state index is 0.000362. The number of ether oxygens (including phenoxy) is 1. The predicted molar refractivity (Wildman–Crippen MR) is 125 cm³/mol. The van der Waals surface area contributed by atoms with Crippen LogP contribution < -0.4 is 0 Å². The molecule has 0 saturated heterocycles. The molecule has 33 heavy (non-hydrogen) atoms. The zero-order chi connectivity index (χ0) is 24.8. The van der Waals surface area contributed by atoms with E-state index < -0.39 is 26.7 Å². The van der Waals surface area contributed by atoms with Gasteiger partial charge in [-0.2, -0.15) is 0 Å². The molecule has 1 aromatic carbocycles. The molecule has 0 amide bonds. The number of allylic oxidation sites excluding steroid dienone is 3. The van der Waals surface area contributed by atoms with E-state index in [1.165, 1.54) is 0 Å². The van der Waals surface area contributed by atoms with Crippen LogP contribution in [0.4, 0.5) is 4.79 Å². The van der Waals surface area contributed by atoms with Gasteiger partial charge in [0.05, 0.1) is 0 Å². The first kappa shape index (κ1) is 27.1. The maximum Gasteiger partial charge on any atom is 0.505 e. The van der Waals surface area contributed by atoms with Gasteiger partial charge in [-0.25, -0.2) is 9.36 Å². The third-order valence-corrected chi connectivity index (χ3v) is 6.53. The molecule has 3 atom stereocenters. The number of hydrogen-bond acceptors (Lipinski definition) is 5. The van der Waals surface area contributed by atoms with Gasteiger partial charge >= 0.3 is 14.0 Å². The second kappa shape index (κ2) is 11.8. The fourth-order valence-corrected chi connectivity index (χ4v) is 4.98. The van der Waals surface area contributed by atoms with E-state index in [1.807, 2.05) is 19.9 Å². The molecular formula is C24H35O8P. The van der Waals surface area contributed by atoms with Crippen LogP contribution in [0.15, 0.2) is 35.9 Å². The van der Waals surface area contributed by atoms with Crippen LogP contribution in [-0.2, 0) is 20.2 Å². The van der Waals surface area contributed by atoms with Crippen LogP contribution in [0.2, 0.25) is 0 Å². The lowest BCUT2D eigenvalue weighted by Crippen LogP contribution is -2.22. The SMILES string of the molecule is C=C(C)[C@@H]1CCC(C)=C[C@H]1c1c(O)cc(CCCCC)cc1C(COC(=O)O)OP(=O)(O)O. The highest BCUT2D eigenvalue weighted by Crippen LogP contribution is 2.49. The van der Waals surface area contributed by atoms with E-state index in [2.05, 4.69) is 18.2 Å². The highest BCUT2D eigenvalue weighted by molar-refractivity contribution is 7.46. The lowest BCUT2D eigenvalue weighted by atomic mass is 9.72. The van der Waals surface area contributed by atoms with Gasteiger partial charge in [0, 0.05) is 11.5 Å². The normalized spacial score (nSPS) is 19.6. The minimum atomic E-state index is -5.00. The lowest BCUT2D eigenvalue weighted by molar-refractivity contribution is 0.0353. The van der Waals surface area contributed by atoms with Crippen molar-refractivity contribution >= 4 is 14.0 Å². The molecule has 0 saturated carbocycles. The molecule has 2 rings (SSSR count).